The Morgan fingerprint density at radius 1 is 0.289 bits per heavy atom. The van der Waals surface area contributed by atoms with E-state index in [2.05, 4.69) is 181 Å². The van der Waals surface area contributed by atoms with Gasteiger partial charge in [0.25, 0.3) is 0 Å². The van der Waals surface area contributed by atoms with E-state index in [0.717, 1.165) is 11.4 Å². The predicted octanol–water partition coefficient (Wildman–Crippen LogP) is 12.6. The van der Waals surface area contributed by atoms with Crippen molar-refractivity contribution >= 4 is 70.9 Å². The number of benzene rings is 9. The molecule has 0 saturated carbocycles. The van der Waals surface area contributed by atoms with E-state index in [9.17, 15) is 0 Å². The Balaban J connectivity index is 1.35. The van der Waals surface area contributed by atoms with Crippen LogP contribution in [0.1, 0.15) is 0 Å². The van der Waals surface area contributed by atoms with Crippen LogP contribution in [0, 0.1) is 0 Å². The maximum atomic E-state index is 2.45. The zero-order valence-corrected chi connectivity index (χ0v) is 24.7. The zero-order chi connectivity index (χ0) is 29.7. The monoisotopic (exact) mass is 571 g/mol. The summed E-state index contributed by atoms with van der Waals surface area (Å²) in [6, 6.07) is 64.1. The Hall–Kier alpha value is -5.92. The molecule has 0 atom stereocenters. The minimum Gasteiger partial charge on any atom is -0.310 e. The largest absolute Gasteiger partial charge is 0.310 e. The van der Waals surface area contributed by atoms with E-state index in [4.69, 9.17) is 0 Å². The third kappa shape index (κ3) is 4.24. The fourth-order valence-electron chi connectivity index (χ4n) is 7.04. The molecule has 0 fully saturated rings. The van der Waals surface area contributed by atoms with Crippen LogP contribution in [0.25, 0.3) is 65.0 Å². The van der Waals surface area contributed by atoms with Crippen LogP contribution in [-0.4, -0.2) is 0 Å². The van der Waals surface area contributed by atoms with E-state index in [1.165, 1.54) is 70.7 Å². The summed E-state index contributed by atoms with van der Waals surface area (Å²) in [7, 11) is 0. The second-order valence-corrected chi connectivity index (χ2v) is 11.8. The van der Waals surface area contributed by atoms with Gasteiger partial charge in [-0.2, -0.15) is 0 Å². The molecule has 9 rings (SSSR count). The van der Waals surface area contributed by atoms with Crippen molar-refractivity contribution in [3.8, 4) is 11.1 Å². The van der Waals surface area contributed by atoms with Crippen molar-refractivity contribution in [2.24, 2.45) is 0 Å². The Morgan fingerprint density at radius 3 is 1.56 bits per heavy atom. The summed E-state index contributed by atoms with van der Waals surface area (Å²) in [5.74, 6) is 0. The molecule has 0 radical (unpaired) electrons. The molecule has 1 nitrogen and oxygen atoms in total. The summed E-state index contributed by atoms with van der Waals surface area (Å²) in [5, 5.41) is 12.6. The van der Waals surface area contributed by atoms with Crippen LogP contribution in [0.3, 0.4) is 0 Å². The van der Waals surface area contributed by atoms with Crippen LogP contribution in [0.4, 0.5) is 17.1 Å². The maximum absolute atomic E-state index is 2.45. The molecular weight excluding hydrogens is 542 g/mol. The normalized spacial score (nSPS) is 11.6. The Bertz CT molecular complexity index is 2530. The first-order valence-corrected chi connectivity index (χ1v) is 15.5. The Morgan fingerprint density at radius 2 is 0.778 bits per heavy atom. The van der Waals surface area contributed by atoms with Gasteiger partial charge in [-0.15, -0.1) is 0 Å². The van der Waals surface area contributed by atoms with Crippen molar-refractivity contribution in [2.45, 2.75) is 0 Å². The molecule has 210 valence electrons. The molecule has 0 amide bonds. The lowest BCUT2D eigenvalue weighted by atomic mass is 9.94. The quantitative estimate of drug-likeness (QED) is 0.190. The van der Waals surface area contributed by atoms with Crippen molar-refractivity contribution in [1.82, 2.24) is 0 Å². The van der Waals surface area contributed by atoms with Crippen molar-refractivity contribution in [1.29, 1.82) is 0 Å². The summed E-state index contributed by atoms with van der Waals surface area (Å²) >= 11 is 0. The third-order valence-corrected chi connectivity index (χ3v) is 9.19. The van der Waals surface area contributed by atoms with Gasteiger partial charge in [-0.05, 0) is 89.9 Å². The van der Waals surface area contributed by atoms with E-state index in [1.54, 1.807) is 0 Å². The van der Waals surface area contributed by atoms with E-state index < -0.39 is 0 Å². The minimum absolute atomic E-state index is 1.12. The van der Waals surface area contributed by atoms with Gasteiger partial charge in [0.2, 0.25) is 0 Å². The van der Waals surface area contributed by atoms with Crippen LogP contribution >= 0.6 is 0 Å². The second kappa shape index (κ2) is 10.4. The molecule has 0 aliphatic carbocycles. The molecule has 0 aromatic heterocycles. The molecule has 9 aromatic carbocycles. The van der Waals surface area contributed by atoms with Gasteiger partial charge in [-0.3, -0.25) is 0 Å². The van der Waals surface area contributed by atoms with Crippen LogP contribution in [0.2, 0.25) is 0 Å². The Kier molecular flexibility index (Phi) is 5.89. The maximum Gasteiger partial charge on any atom is 0.0552 e. The first-order chi connectivity index (χ1) is 22.3. The first-order valence-electron chi connectivity index (χ1n) is 15.5. The van der Waals surface area contributed by atoms with E-state index >= 15 is 0 Å². The average molecular weight is 572 g/mol. The molecule has 0 saturated heterocycles. The number of fused-ring (bicyclic) bond motifs is 8. The highest BCUT2D eigenvalue weighted by atomic mass is 15.1. The van der Waals surface area contributed by atoms with Gasteiger partial charge in [-0.1, -0.05) is 146 Å². The molecule has 0 bridgehead atoms. The smallest absolute Gasteiger partial charge is 0.0552 e. The fraction of sp³-hybridized carbons (Fsp3) is 0. The molecule has 0 aliphatic heterocycles. The molecule has 0 spiro atoms. The number of rotatable bonds is 4. The van der Waals surface area contributed by atoms with Gasteiger partial charge in [-0.25, -0.2) is 0 Å². The molecule has 0 N–H and O–H groups in total. The van der Waals surface area contributed by atoms with Crippen LogP contribution < -0.4 is 4.90 Å². The molecular formula is C44H29N. The van der Waals surface area contributed by atoms with Crippen LogP contribution in [0.5, 0.6) is 0 Å². The molecule has 1 heteroatoms. The fourth-order valence-corrected chi connectivity index (χ4v) is 7.04. The Labute approximate surface area is 262 Å². The van der Waals surface area contributed by atoms with Crippen molar-refractivity contribution in [3.05, 3.63) is 176 Å². The summed E-state index contributed by atoms with van der Waals surface area (Å²) in [6.45, 7) is 0. The van der Waals surface area contributed by atoms with Crippen LogP contribution in [0.15, 0.2) is 176 Å². The average Bonchev–Trinajstić information content (AvgIpc) is 3.12. The van der Waals surface area contributed by atoms with Gasteiger partial charge >= 0.3 is 0 Å². The number of hydrogen-bond acceptors (Lipinski definition) is 1. The minimum atomic E-state index is 1.12. The number of anilines is 3. The summed E-state index contributed by atoms with van der Waals surface area (Å²) < 4.78 is 0. The van der Waals surface area contributed by atoms with Gasteiger partial charge in [0.1, 0.15) is 0 Å². The highest BCUT2D eigenvalue weighted by Gasteiger charge is 2.20. The van der Waals surface area contributed by atoms with Gasteiger partial charge < -0.3 is 4.90 Å². The van der Waals surface area contributed by atoms with Crippen molar-refractivity contribution < 1.29 is 0 Å². The molecule has 45 heavy (non-hydrogen) atoms. The molecule has 0 heterocycles. The lowest BCUT2D eigenvalue weighted by Crippen LogP contribution is -2.11. The highest BCUT2D eigenvalue weighted by molar-refractivity contribution is 6.23. The highest BCUT2D eigenvalue weighted by Crippen LogP contribution is 2.45. The molecule has 0 unspecified atom stereocenters. The van der Waals surface area contributed by atoms with Crippen molar-refractivity contribution in [2.75, 3.05) is 4.90 Å². The third-order valence-electron chi connectivity index (χ3n) is 9.19. The van der Waals surface area contributed by atoms with Crippen molar-refractivity contribution in [3.63, 3.8) is 0 Å². The summed E-state index contributed by atoms with van der Waals surface area (Å²) in [5.41, 5.74) is 5.86. The lowest BCUT2D eigenvalue weighted by molar-refractivity contribution is 1.31. The van der Waals surface area contributed by atoms with E-state index in [0.29, 0.717) is 0 Å². The second-order valence-electron chi connectivity index (χ2n) is 11.8. The van der Waals surface area contributed by atoms with Gasteiger partial charge in [0, 0.05) is 16.8 Å². The number of hydrogen-bond donors (Lipinski definition) is 0. The van der Waals surface area contributed by atoms with E-state index in [-0.39, 0.29) is 0 Å². The SMILES string of the molecule is c1ccc(-c2ccc(N(c3ccc4c(ccc5ccccc54)c3)c3cc4ccccc4c4ccc5ccccc5c34)cc2)cc1. The van der Waals surface area contributed by atoms with E-state index in [1.807, 2.05) is 0 Å². The number of nitrogens with zero attached hydrogens (tertiary/aromatic N) is 1. The zero-order valence-electron chi connectivity index (χ0n) is 24.7. The standard InChI is InChI=1S/C44H29N/c1-2-10-30(11-3-1)31-20-23-36(24-21-31)45(37-25-27-40-35(28-37)19-18-32-12-4-7-15-38(32)40)43-29-34-14-6-8-16-39(34)42-26-22-33-13-5-9-17-41(33)44(42)43/h1-29H. The van der Waals surface area contributed by atoms with Crippen LogP contribution in [-0.2, 0) is 0 Å². The molecule has 9 aromatic rings. The predicted molar refractivity (Wildman–Crippen MR) is 194 cm³/mol. The topological polar surface area (TPSA) is 3.24 Å². The molecule has 0 aliphatic rings. The lowest BCUT2D eigenvalue weighted by Gasteiger charge is -2.28. The van der Waals surface area contributed by atoms with Gasteiger partial charge in [0.05, 0.1) is 5.69 Å². The first kappa shape index (κ1) is 25.6. The summed E-state index contributed by atoms with van der Waals surface area (Å²) in [4.78, 5) is 2.45. The van der Waals surface area contributed by atoms with Gasteiger partial charge in [0.15, 0.2) is 0 Å². The summed E-state index contributed by atoms with van der Waals surface area (Å²) in [6.07, 6.45) is 0.